The maximum absolute atomic E-state index is 4.66. The Hall–Kier alpha value is -1.06. The summed E-state index contributed by atoms with van der Waals surface area (Å²) in [6.45, 7) is 8.38. The summed E-state index contributed by atoms with van der Waals surface area (Å²) < 4.78 is 8.20. The van der Waals surface area contributed by atoms with Crippen LogP contribution in [0.5, 0.6) is 0 Å². The molecule has 0 aliphatic carbocycles. The molecule has 1 aromatic rings. The molecule has 86 valence electrons. The number of benzene rings is 1. The van der Waals surface area contributed by atoms with Crippen molar-refractivity contribution in [2.45, 2.75) is 24.8 Å². The zero-order chi connectivity index (χ0) is 11.8. The highest BCUT2D eigenvalue weighted by atomic mass is 32.2. The van der Waals surface area contributed by atoms with Gasteiger partial charge in [-0.3, -0.25) is 0 Å². The molecular weight excluding hydrogens is 216 g/mol. The lowest BCUT2D eigenvalue weighted by molar-refractivity contribution is 0.529. The highest BCUT2D eigenvalue weighted by Crippen LogP contribution is 2.25. The quantitative estimate of drug-likeness (QED) is 0.782. The van der Waals surface area contributed by atoms with Crippen molar-refractivity contribution in [2.24, 2.45) is 10.3 Å². The fraction of sp³-hybridized carbons (Fsp3) is 0.308. The van der Waals surface area contributed by atoms with Crippen molar-refractivity contribution in [1.82, 2.24) is 4.72 Å². The van der Waals surface area contributed by atoms with Gasteiger partial charge in [0.15, 0.2) is 0 Å². The van der Waals surface area contributed by atoms with Crippen molar-refractivity contribution in [3.63, 3.8) is 0 Å². The second-order valence-corrected chi connectivity index (χ2v) is 6.73. The van der Waals surface area contributed by atoms with Gasteiger partial charge >= 0.3 is 0 Å². The van der Waals surface area contributed by atoms with Gasteiger partial charge in [0.2, 0.25) is 0 Å². The average molecular weight is 234 g/mol. The fourth-order valence-electron chi connectivity index (χ4n) is 1.85. The minimum absolute atomic E-state index is 0.257. The van der Waals surface area contributed by atoms with E-state index in [1.807, 2.05) is 18.2 Å². The highest BCUT2D eigenvalue weighted by Gasteiger charge is 2.26. The molecule has 16 heavy (non-hydrogen) atoms. The monoisotopic (exact) mass is 234 g/mol. The van der Waals surface area contributed by atoms with Crippen molar-refractivity contribution >= 4 is 15.5 Å². The predicted octanol–water partition coefficient (Wildman–Crippen LogP) is 2.87. The molecule has 1 aliphatic rings. The van der Waals surface area contributed by atoms with Gasteiger partial charge in [0.05, 0.1) is 11.7 Å². The normalized spacial score (nSPS) is 29.4. The summed E-state index contributed by atoms with van der Waals surface area (Å²) in [4.78, 5) is 1.17. The topological polar surface area (TPSA) is 24.4 Å². The van der Waals surface area contributed by atoms with Crippen molar-refractivity contribution in [2.75, 3.05) is 0 Å². The van der Waals surface area contributed by atoms with Gasteiger partial charge in [-0.1, -0.05) is 38.6 Å². The molecule has 2 rings (SSSR count). The van der Waals surface area contributed by atoms with Crippen molar-refractivity contribution in [3.8, 4) is 0 Å². The minimum atomic E-state index is -1.50. The van der Waals surface area contributed by atoms with Crippen molar-refractivity contribution in [1.29, 1.82) is 0 Å². The third-order valence-electron chi connectivity index (χ3n) is 2.75. The van der Waals surface area contributed by atoms with E-state index in [4.69, 9.17) is 0 Å². The lowest BCUT2D eigenvalue weighted by Crippen LogP contribution is -2.33. The Morgan fingerprint density at radius 3 is 2.44 bits per heavy atom. The molecule has 0 amide bonds. The lowest BCUT2D eigenvalue weighted by Gasteiger charge is -2.18. The Balaban J connectivity index is 2.41. The summed E-state index contributed by atoms with van der Waals surface area (Å²) in [7, 11) is -1.50. The molecule has 0 saturated carbocycles. The largest absolute Gasteiger partial charge is 0.248 e. The Morgan fingerprint density at radius 1 is 1.31 bits per heavy atom. The van der Waals surface area contributed by atoms with E-state index in [9.17, 15) is 0 Å². The third-order valence-corrected chi connectivity index (χ3v) is 5.00. The van der Waals surface area contributed by atoms with E-state index in [1.54, 1.807) is 0 Å². The number of hydrogen-bond acceptors (Lipinski definition) is 2. The number of hydrogen-bond donors (Lipinski definition) is 1. The molecule has 0 fully saturated rings. The summed E-state index contributed by atoms with van der Waals surface area (Å²) in [5.41, 5.74) is 0.934. The summed E-state index contributed by atoms with van der Waals surface area (Å²) in [5, 5.41) is 0. The number of nitrogens with zero attached hydrogens (tertiary/aromatic N) is 1. The zero-order valence-corrected chi connectivity index (χ0v) is 10.6. The smallest absolute Gasteiger partial charge is 0.0623 e. The second kappa shape index (κ2) is 4.07. The molecule has 2 unspecified atom stereocenters. The first kappa shape index (κ1) is 11.4. The summed E-state index contributed by atoms with van der Waals surface area (Å²) in [5.74, 6) is 4.76. The molecule has 1 N–H and O–H groups in total. The van der Waals surface area contributed by atoms with Gasteiger partial charge in [-0.15, -0.1) is 0 Å². The highest BCUT2D eigenvalue weighted by molar-refractivity contribution is 8.01. The number of rotatable bonds is 2. The van der Waals surface area contributed by atoms with E-state index in [-0.39, 0.29) is 6.04 Å². The Kier molecular flexibility index (Phi) is 2.91. The first-order chi connectivity index (χ1) is 7.53. The molecular formula is C13H18N2S. The van der Waals surface area contributed by atoms with Gasteiger partial charge in [0.1, 0.15) is 0 Å². The molecule has 3 heteroatoms. The molecule has 2 nitrogen and oxygen atoms in total. The van der Waals surface area contributed by atoms with E-state index in [2.05, 4.69) is 47.5 Å². The van der Waals surface area contributed by atoms with Crippen LogP contribution in [0.25, 0.3) is 0 Å². The van der Waals surface area contributed by atoms with Gasteiger partial charge in [-0.2, -0.15) is 0 Å². The summed E-state index contributed by atoms with van der Waals surface area (Å²) in [6, 6.07) is 10.5. The number of nitrogens with one attached hydrogen (secondary N) is 1. The molecule has 0 aromatic heterocycles. The average Bonchev–Trinajstić information content (AvgIpc) is 2.57. The second-order valence-electron chi connectivity index (χ2n) is 4.44. The van der Waals surface area contributed by atoms with Crippen LogP contribution >= 0.6 is 0 Å². The molecule has 1 aromatic carbocycles. The Labute approximate surface area is 98.2 Å². The zero-order valence-electron chi connectivity index (χ0n) is 9.81. The van der Waals surface area contributed by atoms with Gasteiger partial charge in [0.25, 0.3) is 0 Å². The molecule has 0 saturated heterocycles. The fourth-order valence-corrected chi connectivity index (χ4v) is 4.09. The molecule has 1 aliphatic heterocycles. The van der Waals surface area contributed by atoms with Gasteiger partial charge in [0, 0.05) is 4.90 Å². The lowest BCUT2D eigenvalue weighted by atomic mass is 10.0. The standard InChI is InChI=1S/C13H18N2S/c1-10(2)13-11(3)14-16(4,15-13)12-8-6-5-7-9-12/h5-10,13H,3-4H2,1-2H3,(H,14,15). The van der Waals surface area contributed by atoms with Crippen molar-refractivity contribution in [3.05, 3.63) is 42.6 Å². The first-order valence-electron chi connectivity index (χ1n) is 5.43. The van der Waals surface area contributed by atoms with Gasteiger partial charge in [-0.25, -0.2) is 9.08 Å². The summed E-state index contributed by atoms with van der Waals surface area (Å²) >= 11 is 0. The Morgan fingerprint density at radius 2 is 1.94 bits per heavy atom. The predicted molar refractivity (Wildman–Crippen MR) is 72.5 cm³/mol. The van der Waals surface area contributed by atoms with E-state index < -0.39 is 9.60 Å². The van der Waals surface area contributed by atoms with Gasteiger partial charge in [-0.05, 0) is 33.5 Å². The van der Waals surface area contributed by atoms with Crippen LogP contribution in [0.3, 0.4) is 0 Å². The van der Waals surface area contributed by atoms with Crippen molar-refractivity contribution < 1.29 is 0 Å². The SMILES string of the molecule is C=C1N=S(=C)(c2ccccc2)NC1C(C)C. The van der Waals surface area contributed by atoms with E-state index in [0.717, 1.165) is 5.70 Å². The van der Waals surface area contributed by atoms with Crippen LogP contribution in [0, 0.1) is 5.92 Å². The first-order valence-corrected chi connectivity index (χ1v) is 7.19. The van der Waals surface area contributed by atoms with E-state index in [1.165, 1.54) is 4.90 Å². The molecule has 0 spiro atoms. The van der Waals surface area contributed by atoms with Crippen LogP contribution in [0.1, 0.15) is 13.8 Å². The maximum atomic E-state index is 4.66. The molecule has 2 atom stereocenters. The van der Waals surface area contributed by atoms with Crippen LogP contribution in [-0.4, -0.2) is 11.9 Å². The maximum Gasteiger partial charge on any atom is 0.0623 e. The van der Waals surface area contributed by atoms with Crippen LogP contribution in [0.2, 0.25) is 0 Å². The summed E-state index contributed by atoms with van der Waals surface area (Å²) in [6.07, 6.45) is 0. The van der Waals surface area contributed by atoms with Crippen LogP contribution in [0.15, 0.2) is 51.9 Å². The molecule has 1 heterocycles. The van der Waals surface area contributed by atoms with E-state index in [0.29, 0.717) is 5.92 Å². The van der Waals surface area contributed by atoms with Crippen LogP contribution in [-0.2, 0) is 9.60 Å². The third kappa shape index (κ3) is 1.93. The van der Waals surface area contributed by atoms with Crippen LogP contribution in [0.4, 0.5) is 0 Å². The molecule has 0 bridgehead atoms. The van der Waals surface area contributed by atoms with Crippen LogP contribution < -0.4 is 4.72 Å². The minimum Gasteiger partial charge on any atom is -0.248 e. The molecule has 0 radical (unpaired) electrons. The van der Waals surface area contributed by atoms with Gasteiger partial charge < -0.3 is 0 Å². The Bertz CT molecular complexity index is 508. The van der Waals surface area contributed by atoms with E-state index >= 15 is 0 Å².